The number of rotatable bonds is 4. The van der Waals surface area contributed by atoms with Gasteiger partial charge >= 0.3 is 6.09 Å². The fraction of sp³-hybridized carbons (Fsp3) is 0.600. The van der Waals surface area contributed by atoms with Crippen LogP contribution in [-0.4, -0.2) is 35.5 Å². The van der Waals surface area contributed by atoms with Crippen LogP contribution in [0.1, 0.15) is 58.4 Å². The van der Waals surface area contributed by atoms with Gasteiger partial charge in [0.05, 0.1) is 0 Å². The van der Waals surface area contributed by atoms with E-state index < -0.39 is 5.60 Å². The van der Waals surface area contributed by atoms with Gasteiger partial charge in [0.15, 0.2) is 0 Å². The second kappa shape index (κ2) is 7.82. The summed E-state index contributed by atoms with van der Waals surface area (Å²) in [6, 6.07) is 9.92. The van der Waals surface area contributed by atoms with Crippen LogP contribution in [0, 0.1) is 5.92 Å². The number of amides is 1. The molecule has 4 nitrogen and oxygen atoms in total. The Labute approximate surface area is 145 Å². The van der Waals surface area contributed by atoms with Gasteiger partial charge in [-0.05, 0) is 45.1 Å². The maximum atomic E-state index is 12.5. The molecule has 24 heavy (non-hydrogen) atoms. The summed E-state index contributed by atoms with van der Waals surface area (Å²) in [6.07, 6.45) is 2.09. The Bertz CT molecular complexity index is 554. The van der Waals surface area contributed by atoms with Crippen LogP contribution in [0.3, 0.4) is 0 Å². The maximum Gasteiger partial charge on any atom is 0.410 e. The van der Waals surface area contributed by atoms with Crippen molar-refractivity contribution in [3.63, 3.8) is 0 Å². The summed E-state index contributed by atoms with van der Waals surface area (Å²) < 4.78 is 5.41. The van der Waals surface area contributed by atoms with Crippen molar-refractivity contribution in [2.24, 2.45) is 5.92 Å². The summed E-state index contributed by atoms with van der Waals surface area (Å²) >= 11 is 0. The van der Waals surface area contributed by atoms with Crippen LogP contribution in [0.5, 0.6) is 0 Å². The number of Topliss-reactive ketones (excluding diaryl/α,β-unsaturated/α-hetero) is 1. The van der Waals surface area contributed by atoms with Gasteiger partial charge in [0.25, 0.3) is 0 Å². The van der Waals surface area contributed by atoms with E-state index in [4.69, 9.17) is 4.74 Å². The molecule has 0 aromatic heterocycles. The molecule has 132 valence electrons. The number of benzene rings is 1. The largest absolute Gasteiger partial charge is 0.444 e. The van der Waals surface area contributed by atoms with Crippen LogP contribution in [0.15, 0.2) is 30.3 Å². The summed E-state index contributed by atoms with van der Waals surface area (Å²) in [4.78, 5) is 26.3. The Hall–Kier alpha value is -1.84. The van der Waals surface area contributed by atoms with E-state index in [2.05, 4.69) is 0 Å². The Balaban J connectivity index is 1.80. The zero-order valence-electron chi connectivity index (χ0n) is 15.2. The lowest BCUT2D eigenvalue weighted by Crippen LogP contribution is -2.42. The third-order valence-corrected chi connectivity index (χ3v) is 4.54. The van der Waals surface area contributed by atoms with E-state index in [1.165, 1.54) is 0 Å². The summed E-state index contributed by atoms with van der Waals surface area (Å²) in [5.41, 5.74) is 0.614. The predicted molar refractivity (Wildman–Crippen MR) is 95.0 cm³/mol. The Morgan fingerprint density at radius 3 is 2.29 bits per heavy atom. The minimum Gasteiger partial charge on any atom is -0.444 e. The van der Waals surface area contributed by atoms with E-state index in [0.29, 0.717) is 25.4 Å². The minimum atomic E-state index is -0.463. The molecule has 4 heteroatoms. The summed E-state index contributed by atoms with van der Waals surface area (Å²) in [5.74, 6) is 0.592. The number of likely N-dealkylation sites (tertiary alicyclic amines) is 1. The normalized spacial score (nSPS) is 17.4. The van der Waals surface area contributed by atoms with E-state index >= 15 is 0 Å². The standard InChI is InChI=1S/C20H29NO3/c1-15(17-8-6-5-7-9-17)18(22)14-16-10-12-21(13-11-16)19(23)24-20(2,3)4/h5-9,15-16H,10-14H2,1-4H3/t15-/m0/s1. The van der Waals surface area contributed by atoms with Gasteiger partial charge in [-0.1, -0.05) is 37.3 Å². The molecule has 1 amide bonds. The molecule has 2 rings (SSSR count). The second-order valence-corrected chi connectivity index (χ2v) is 7.71. The highest BCUT2D eigenvalue weighted by Crippen LogP contribution is 2.26. The molecular weight excluding hydrogens is 302 g/mol. The molecule has 0 aliphatic carbocycles. The van der Waals surface area contributed by atoms with Crippen molar-refractivity contribution >= 4 is 11.9 Å². The molecule has 0 radical (unpaired) electrons. The van der Waals surface area contributed by atoms with Gasteiger partial charge in [-0.25, -0.2) is 4.79 Å². The molecule has 0 N–H and O–H groups in total. The highest BCUT2D eigenvalue weighted by atomic mass is 16.6. The lowest BCUT2D eigenvalue weighted by Gasteiger charge is -2.33. The van der Waals surface area contributed by atoms with Gasteiger partial charge in [0.2, 0.25) is 0 Å². The number of carbonyl (C=O) groups excluding carboxylic acids is 2. The monoisotopic (exact) mass is 331 g/mol. The Morgan fingerprint density at radius 1 is 1.17 bits per heavy atom. The molecule has 1 fully saturated rings. The van der Waals surface area contributed by atoms with Crippen molar-refractivity contribution in [3.8, 4) is 0 Å². The first-order chi connectivity index (χ1) is 11.3. The van der Waals surface area contributed by atoms with Crippen molar-refractivity contribution in [1.82, 2.24) is 4.90 Å². The fourth-order valence-corrected chi connectivity index (χ4v) is 3.04. The summed E-state index contributed by atoms with van der Waals surface area (Å²) in [6.45, 7) is 8.95. The number of piperidine rings is 1. The fourth-order valence-electron chi connectivity index (χ4n) is 3.04. The van der Waals surface area contributed by atoms with Crippen LogP contribution in [0.25, 0.3) is 0 Å². The third kappa shape index (κ3) is 5.36. The van der Waals surface area contributed by atoms with Gasteiger partial charge in [0.1, 0.15) is 11.4 Å². The Kier molecular flexibility index (Phi) is 6.03. The van der Waals surface area contributed by atoms with E-state index in [1.54, 1.807) is 4.90 Å². The molecule has 1 aliphatic heterocycles. The van der Waals surface area contributed by atoms with Gasteiger partial charge in [0, 0.05) is 25.4 Å². The minimum absolute atomic E-state index is 0.0601. The quantitative estimate of drug-likeness (QED) is 0.821. The molecule has 1 heterocycles. The van der Waals surface area contributed by atoms with Crippen LogP contribution >= 0.6 is 0 Å². The number of hydrogen-bond donors (Lipinski definition) is 0. The molecule has 1 aromatic carbocycles. The zero-order valence-corrected chi connectivity index (χ0v) is 15.2. The first-order valence-corrected chi connectivity index (χ1v) is 8.82. The molecule has 1 saturated heterocycles. The zero-order chi connectivity index (χ0) is 17.7. The predicted octanol–water partition coefficient (Wildman–Crippen LogP) is 4.40. The summed E-state index contributed by atoms with van der Waals surface area (Å²) in [5, 5.41) is 0. The van der Waals surface area contributed by atoms with Crippen LogP contribution < -0.4 is 0 Å². The summed E-state index contributed by atoms with van der Waals surface area (Å²) in [7, 11) is 0. The second-order valence-electron chi connectivity index (χ2n) is 7.71. The maximum absolute atomic E-state index is 12.5. The molecule has 1 aromatic rings. The van der Waals surface area contributed by atoms with Crippen molar-refractivity contribution in [3.05, 3.63) is 35.9 Å². The molecule has 0 bridgehead atoms. The van der Waals surface area contributed by atoms with Gasteiger partial charge < -0.3 is 9.64 Å². The van der Waals surface area contributed by atoms with Crippen molar-refractivity contribution in [2.45, 2.75) is 58.5 Å². The van der Waals surface area contributed by atoms with Crippen LogP contribution in [0.2, 0.25) is 0 Å². The molecule has 1 atom stereocenters. The molecule has 0 unspecified atom stereocenters. The van der Waals surface area contributed by atoms with Crippen molar-refractivity contribution in [2.75, 3.05) is 13.1 Å². The molecule has 0 saturated carbocycles. The first kappa shape index (κ1) is 18.5. The topological polar surface area (TPSA) is 46.6 Å². The first-order valence-electron chi connectivity index (χ1n) is 8.82. The average molecular weight is 331 g/mol. The van der Waals surface area contributed by atoms with Crippen molar-refractivity contribution < 1.29 is 14.3 Å². The average Bonchev–Trinajstić information content (AvgIpc) is 2.54. The van der Waals surface area contributed by atoms with Crippen LogP contribution in [-0.2, 0) is 9.53 Å². The highest BCUT2D eigenvalue weighted by molar-refractivity contribution is 5.85. The van der Waals surface area contributed by atoms with Gasteiger partial charge in [-0.15, -0.1) is 0 Å². The molecule has 1 aliphatic rings. The van der Waals surface area contributed by atoms with E-state index in [9.17, 15) is 9.59 Å². The highest BCUT2D eigenvalue weighted by Gasteiger charge is 2.28. The smallest absolute Gasteiger partial charge is 0.410 e. The van der Waals surface area contributed by atoms with E-state index in [1.807, 2.05) is 58.0 Å². The number of ether oxygens (including phenoxy) is 1. The van der Waals surface area contributed by atoms with Gasteiger partial charge in [-0.2, -0.15) is 0 Å². The van der Waals surface area contributed by atoms with Gasteiger partial charge in [-0.3, -0.25) is 4.79 Å². The number of ketones is 1. The van der Waals surface area contributed by atoms with Crippen molar-refractivity contribution in [1.29, 1.82) is 0 Å². The third-order valence-electron chi connectivity index (χ3n) is 4.54. The van der Waals surface area contributed by atoms with Crippen LogP contribution in [0.4, 0.5) is 4.79 Å². The van der Waals surface area contributed by atoms with E-state index in [0.717, 1.165) is 18.4 Å². The Morgan fingerprint density at radius 2 is 1.75 bits per heavy atom. The molecule has 0 spiro atoms. The van der Waals surface area contributed by atoms with E-state index in [-0.39, 0.29) is 17.8 Å². The number of hydrogen-bond acceptors (Lipinski definition) is 3. The SMILES string of the molecule is C[C@H](C(=O)CC1CCN(C(=O)OC(C)(C)C)CC1)c1ccccc1. The lowest BCUT2D eigenvalue weighted by molar-refractivity contribution is -0.121. The number of nitrogens with zero attached hydrogens (tertiary/aromatic N) is 1. The lowest BCUT2D eigenvalue weighted by atomic mass is 9.86. The molecular formula is C20H29NO3. The number of carbonyl (C=O) groups is 2.